The third kappa shape index (κ3) is 4.38. The maximum Gasteiger partial charge on any atom is 0.251 e. The largest absolute Gasteiger partial charge is 0.343 e. The Labute approximate surface area is 161 Å². The lowest BCUT2D eigenvalue weighted by atomic mass is 9.99. The van der Waals surface area contributed by atoms with Crippen molar-refractivity contribution in [2.45, 2.75) is 46.6 Å². The average molecular weight is 364 g/mol. The maximum atomic E-state index is 12.8. The molecule has 0 radical (unpaired) electrons. The van der Waals surface area contributed by atoms with E-state index in [9.17, 15) is 9.59 Å². The average Bonchev–Trinajstić information content (AvgIpc) is 3.10. The molecule has 1 aliphatic rings. The van der Waals surface area contributed by atoms with Gasteiger partial charge < -0.3 is 10.2 Å². The van der Waals surface area contributed by atoms with Crippen LogP contribution in [0, 0.1) is 27.7 Å². The minimum Gasteiger partial charge on any atom is -0.343 e. The molecule has 0 bridgehead atoms. The van der Waals surface area contributed by atoms with Crippen LogP contribution in [-0.2, 0) is 4.79 Å². The molecule has 2 aromatic rings. The van der Waals surface area contributed by atoms with Crippen LogP contribution in [0.4, 0.5) is 0 Å². The Hall–Kier alpha value is -2.62. The second-order valence-electron chi connectivity index (χ2n) is 7.65. The number of aryl methyl sites for hydroxylation is 4. The summed E-state index contributed by atoms with van der Waals surface area (Å²) in [4.78, 5) is 27.1. The van der Waals surface area contributed by atoms with Crippen LogP contribution >= 0.6 is 0 Å². The molecular weight excluding hydrogens is 336 g/mol. The first-order valence-electron chi connectivity index (χ1n) is 9.58. The summed E-state index contributed by atoms with van der Waals surface area (Å²) in [6, 6.07) is 12.2. The van der Waals surface area contributed by atoms with Gasteiger partial charge in [-0.3, -0.25) is 9.59 Å². The normalized spacial score (nSPS) is 16.4. The van der Waals surface area contributed by atoms with E-state index in [1.807, 2.05) is 30.9 Å². The number of nitrogens with one attached hydrogen (secondary N) is 1. The highest BCUT2D eigenvalue weighted by Gasteiger charge is 2.30. The molecular formula is C23H28N2O2. The molecule has 0 saturated carbocycles. The molecule has 1 unspecified atom stereocenters. The molecule has 1 fully saturated rings. The van der Waals surface area contributed by atoms with Gasteiger partial charge in [-0.05, 0) is 69.4 Å². The second kappa shape index (κ2) is 7.95. The van der Waals surface area contributed by atoms with Crippen molar-refractivity contribution in [2.75, 3.05) is 13.1 Å². The SMILES string of the molecule is Cc1cc(C)cc(C2CCCN2C(=O)CNC(=O)c2ccc(C)c(C)c2)c1. The van der Waals surface area contributed by atoms with E-state index in [4.69, 9.17) is 0 Å². The van der Waals surface area contributed by atoms with Gasteiger partial charge in [0.25, 0.3) is 5.91 Å². The summed E-state index contributed by atoms with van der Waals surface area (Å²) in [5.74, 6) is -0.220. The maximum absolute atomic E-state index is 12.8. The van der Waals surface area contributed by atoms with Gasteiger partial charge in [-0.25, -0.2) is 0 Å². The van der Waals surface area contributed by atoms with Crippen molar-refractivity contribution >= 4 is 11.8 Å². The van der Waals surface area contributed by atoms with Crippen LogP contribution in [0.5, 0.6) is 0 Å². The van der Waals surface area contributed by atoms with Crippen LogP contribution in [0.2, 0.25) is 0 Å². The fourth-order valence-corrected chi connectivity index (χ4v) is 3.86. The number of likely N-dealkylation sites (tertiary alicyclic amines) is 1. The summed E-state index contributed by atoms with van der Waals surface area (Å²) in [5.41, 5.74) is 6.44. The Balaban J connectivity index is 1.66. The van der Waals surface area contributed by atoms with E-state index in [-0.39, 0.29) is 24.4 Å². The summed E-state index contributed by atoms with van der Waals surface area (Å²) >= 11 is 0. The number of rotatable bonds is 4. The molecule has 1 saturated heterocycles. The molecule has 0 aliphatic carbocycles. The van der Waals surface area contributed by atoms with Crippen LogP contribution < -0.4 is 5.32 Å². The third-order valence-electron chi connectivity index (χ3n) is 5.37. The van der Waals surface area contributed by atoms with Gasteiger partial charge >= 0.3 is 0 Å². The first-order chi connectivity index (χ1) is 12.8. The van der Waals surface area contributed by atoms with Crippen LogP contribution in [0.25, 0.3) is 0 Å². The summed E-state index contributed by atoms with van der Waals surface area (Å²) in [6.07, 6.45) is 1.97. The fourth-order valence-electron chi connectivity index (χ4n) is 3.86. The first-order valence-corrected chi connectivity index (χ1v) is 9.58. The monoisotopic (exact) mass is 364 g/mol. The van der Waals surface area contributed by atoms with E-state index >= 15 is 0 Å². The second-order valence-corrected chi connectivity index (χ2v) is 7.65. The molecule has 4 nitrogen and oxygen atoms in total. The quantitative estimate of drug-likeness (QED) is 0.891. The van der Waals surface area contributed by atoms with Crippen LogP contribution in [-0.4, -0.2) is 29.8 Å². The van der Waals surface area contributed by atoms with Crippen molar-refractivity contribution in [1.29, 1.82) is 0 Å². The van der Waals surface area contributed by atoms with Crippen molar-refractivity contribution in [3.05, 3.63) is 69.8 Å². The van der Waals surface area contributed by atoms with Gasteiger partial charge in [0.15, 0.2) is 0 Å². The third-order valence-corrected chi connectivity index (χ3v) is 5.37. The van der Waals surface area contributed by atoms with Gasteiger partial charge in [0, 0.05) is 12.1 Å². The molecule has 3 rings (SSSR count). The summed E-state index contributed by atoms with van der Waals surface area (Å²) in [7, 11) is 0. The first kappa shape index (κ1) is 19.2. The predicted octanol–water partition coefficient (Wildman–Crippen LogP) is 4.01. The number of nitrogens with zero attached hydrogens (tertiary/aromatic N) is 1. The van der Waals surface area contributed by atoms with Crippen molar-refractivity contribution in [3.63, 3.8) is 0 Å². The van der Waals surface area contributed by atoms with Crippen molar-refractivity contribution in [1.82, 2.24) is 10.2 Å². The Morgan fingerprint density at radius 3 is 2.37 bits per heavy atom. The minimum atomic E-state index is -0.200. The summed E-state index contributed by atoms with van der Waals surface area (Å²) in [5, 5.41) is 2.79. The molecule has 1 heterocycles. The number of amides is 2. The standard InChI is InChI=1S/C23H28N2O2/c1-15-10-16(2)12-20(11-15)21-6-5-9-25(21)22(26)14-24-23(27)19-8-7-17(3)18(4)13-19/h7-8,10-13,21H,5-6,9,14H2,1-4H3,(H,24,27). The Morgan fingerprint density at radius 2 is 1.70 bits per heavy atom. The highest BCUT2D eigenvalue weighted by atomic mass is 16.2. The zero-order valence-corrected chi connectivity index (χ0v) is 16.6. The van der Waals surface area contributed by atoms with Crippen LogP contribution in [0.1, 0.15) is 57.1 Å². The topological polar surface area (TPSA) is 49.4 Å². The van der Waals surface area contributed by atoms with Gasteiger partial charge in [-0.15, -0.1) is 0 Å². The van der Waals surface area contributed by atoms with Crippen LogP contribution in [0.15, 0.2) is 36.4 Å². The van der Waals surface area contributed by atoms with E-state index < -0.39 is 0 Å². The summed E-state index contributed by atoms with van der Waals surface area (Å²) < 4.78 is 0. The molecule has 27 heavy (non-hydrogen) atoms. The van der Waals surface area contributed by atoms with Crippen LogP contribution in [0.3, 0.4) is 0 Å². The number of benzene rings is 2. The number of carbonyl (C=O) groups is 2. The number of hydrogen-bond acceptors (Lipinski definition) is 2. The molecule has 1 atom stereocenters. The van der Waals surface area contributed by atoms with E-state index in [2.05, 4.69) is 37.4 Å². The lowest BCUT2D eigenvalue weighted by Crippen LogP contribution is -2.39. The molecule has 0 aromatic heterocycles. The summed E-state index contributed by atoms with van der Waals surface area (Å²) in [6.45, 7) is 8.95. The number of carbonyl (C=O) groups excluding carboxylic acids is 2. The van der Waals surface area contributed by atoms with E-state index in [1.165, 1.54) is 16.7 Å². The smallest absolute Gasteiger partial charge is 0.251 e. The molecule has 2 aromatic carbocycles. The Kier molecular flexibility index (Phi) is 5.64. The zero-order valence-electron chi connectivity index (χ0n) is 16.6. The Morgan fingerprint density at radius 1 is 1.00 bits per heavy atom. The van der Waals surface area contributed by atoms with Gasteiger partial charge in [-0.1, -0.05) is 35.4 Å². The number of hydrogen-bond donors (Lipinski definition) is 1. The van der Waals surface area contributed by atoms with Gasteiger partial charge in [0.2, 0.25) is 5.91 Å². The molecule has 1 N–H and O–H groups in total. The fraction of sp³-hybridized carbons (Fsp3) is 0.391. The molecule has 4 heteroatoms. The molecule has 0 spiro atoms. The molecule has 1 aliphatic heterocycles. The molecule has 2 amide bonds. The minimum absolute atomic E-state index is 0.0196. The van der Waals surface area contributed by atoms with E-state index in [1.54, 1.807) is 6.07 Å². The predicted molar refractivity (Wildman–Crippen MR) is 108 cm³/mol. The van der Waals surface area contributed by atoms with Crippen molar-refractivity contribution < 1.29 is 9.59 Å². The lowest BCUT2D eigenvalue weighted by molar-refractivity contribution is -0.131. The van der Waals surface area contributed by atoms with Gasteiger partial charge in [0.1, 0.15) is 0 Å². The highest BCUT2D eigenvalue weighted by Crippen LogP contribution is 2.32. The Bertz CT molecular complexity index is 852. The van der Waals surface area contributed by atoms with Crippen molar-refractivity contribution in [2.24, 2.45) is 0 Å². The van der Waals surface area contributed by atoms with Gasteiger partial charge in [-0.2, -0.15) is 0 Å². The highest BCUT2D eigenvalue weighted by molar-refractivity contribution is 5.96. The van der Waals surface area contributed by atoms with E-state index in [0.717, 1.165) is 30.5 Å². The lowest BCUT2D eigenvalue weighted by Gasteiger charge is -2.26. The van der Waals surface area contributed by atoms with E-state index in [0.29, 0.717) is 5.56 Å². The van der Waals surface area contributed by atoms with Crippen molar-refractivity contribution in [3.8, 4) is 0 Å². The molecule has 142 valence electrons. The van der Waals surface area contributed by atoms with Gasteiger partial charge in [0.05, 0.1) is 12.6 Å². The zero-order chi connectivity index (χ0) is 19.6.